The van der Waals surface area contributed by atoms with Gasteiger partial charge in [0.25, 0.3) is 0 Å². The van der Waals surface area contributed by atoms with Crippen molar-refractivity contribution in [2.75, 3.05) is 46.2 Å². The van der Waals surface area contributed by atoms with E-state index in [2.05, 4.69) is 48.5 Å². The normalized spacial score (nSPS) is 11.3. The van der Waals surface area contributed by atoms with E-state index >= 15 is 0 Å². The number of hydrogen-bond donors (Lipinski definition) is 0. The van der Waals surface area contributed by atoms with Gasteiger partial charge in [0.15, 0.2) is 0 Å². The average molecular weight is 469 g/mol. The van der Waals surface area contributed by atoms with E-state index in [0.717, 1.165) is 64.8 Å². The van der Waals surface area contributed by atoms with Crippen LogP contribution in [0, 0.1) is 0 Å². The zero-order chi connectivity index (χ0) is 22.9. The van der Waals surface area contributed by atoms with E-state index in [1.807, 2.05) is 0 Å². The van der Waals surface area contributed by atoms with Gasteiger partial charge in [0, 0.05) is 46.2 Å². The van der Waals surface area contributed by atoms with Crippen LogP contribution in [0.5, 0.6) is 0 Å². The summed E-state index contributed by atoms with van der Waals surface area (Å²) in [5.74, 6) is 0. The molecule has 0 aliphatic carbocycles. The predicted molar refractivity (Wildman–Crippen MR) is 125 cm³/mol. The monoisotopic (exact) mass is 468 g/mol. The van der Waals surface area contributed by atoms with Crippen LogP contribution < -0.4 is 0 Å². The summed E-state index contributed by atoms with van der Waals surface area (Å²) in [5.41, 5.74) is 0. The zero-order valence-corrected chi connectivity index (χ0v) is 23.0. The third kappa shape index (κ3) is 20.4. The van der Waals surface area contributed by atoms with E-state index in [9.17, 15) is 0 Å². The Morgan fingerprint density at radius 2 is 0.633 bits per heavy atom. The van der Waals surface area contributed by atoms with Crippen molar-refractivity contribution in [3.05, 3.63) is 0 Å². The van der Waals surface area contributed by atoms with Gasteiger partial charge in [0.05, 0.1) is 0 Å². The molecule has 0 aliphatic heterocycles. The Balaban J connectivity index is 0. The summed E-state index contributed by atoms with van der Waals surface area (Å²) < 4.78 is 39.5. The van der Waals surface area contributed by atoms with Gasteiger partial charge >= 0.3 is 24.2 Å². The van der Waals surface area contributed by atoms with Crippen LogP contribution in [0.15, 0.2) is 0 Å². The van der Waals surface area contributed by atoms with Gasteiger partial charge in [-0.1, -0.05) is 48.5 Å². The molecule has 0 saturated heterocycles. The lowest BCUT2D eigenvalue weighted by Crippen LogP contribution is -2.50. The Hall–Kier alpha value is 0.469. The van der Waals surface area contributed by atoms with Crippen molar-refractivity contribution in [3.63, 3.8) is 0 Å². The fraction of sp³-hybridized carbons (Fsp3) is 1.00. The first kappa shape index (κ1) is 32.6. The molecule has 0 bridgehead atoms. The number of rotatable bonds is 21. The molecule has 0 N–H and O–H groups in total. The third-order valence-electron chi connectivity index (χ3n) is 3.31. The summed E-state index contributed by atoms with van der Waals surface area (Å²) >= 11 is -1.79. The minimum absolute atomic E-state index is 0.628. The van der Waals surface area contributed by atoms with Gasteiger partial charge in [0.1, 0.15) is 0 Å². The fourth-order valence-corrected chi connectivity index (χ4v) is 5.83. The standard InChI is InChI=1S/C12H28O4Si.3C3H7O.Al/c1-5-9-13-17(14-10-6-2,15-11-7-3)16-12-8-4;3*1-2-3-4;/h5-12H2,1-4H3;3*2-3H2,1H3;/q;3*-1;+3. The molecule has 0 aromatic heterocycles. The Morgan fingerprint density at radius 3 is 0.833 bits per heavy atom. The Morgan fingerprint density at radius 1 is 0.400 bits per heavy atom. The van der Waals surface area contributed by atoms with Gasteiger partial charge < -0.3 is 29.1 Å². The van der Waals surface area contributed by atoms with Crippen molar-refractivity contribution in [2.24, 2.45) is 0 Å². The topological polar surface area (TPSA) is 64.6 Å². The van der Waals surface area contributed by atoms with Crippen molar-refractivity contribution in [1.82, 2.24) is 0 Å². The lowest BCUT2D eigenvalue weighted by atomic mass is 10.5. The molecule has 0 aromatic carbocycles. The molecule has 7 nitrogen and oxygen atoms in total. The zero-order valence-electron chi connectivity index (χ0n) is 20.8. The molecular formula is C21H49AlO7Si. The van der Waals surface area contributed by atoms with Crippen LogP contribution in [0.3, 0.4) is 0 Å². The maximum Gasteiger partial charge on any atom is 0.905 e. The second-order valence-corrected chi connectivity index (χ2v) is 10.5. The van der Waals surface area contributed by atoms with Crippen molar-refractivity contribution < 1.29 is 29.1 Å². The molecule has 0 rings (SSSR count). The van der Waals surface area contributed by atoms with E-state index in [1.165, 1.54) is 0 Å². The highest BCUT2D eigenvalue weighted by Crippen LogP contribution is 2.14. The molecule has 0 aliphatic rings. The molecule has 30 heavy (non-hydrogen) atoms. The SMILES string of the molecule is CCCO[Si](OCCC)(OCCC)OCCC.CCC[O][Al]([O]CCC)[O]CCC. The molecule has 0 amide bonds. The number of hydrogen-bond acceptors (Lipinski definition) is 7. The largest absolute Gasteiger partial charge is 0.905 e. The Bertz CT molecular complexity index is 271. The molecule has 0 atom stereocenters. The summed E-state index contributed by atoms with van der Waals surface area (Å²) in [6.45, 7) is 19.3. The summed E-state index contributed by atoms with van der Waals surface area (Å²) in [7, 11) is -2.88. The molecule has 9 heteroatoms. The highest BCUT2D eigenvalue weighted by Gasteiger charge is 2.45. The lowest BCUT2D eigenvalue weighted by Gasteiger charge is -2.27. The highest BCUT2D eigenvalue weighted by molar-refractivity contribution is 6.53. The van der Waals surface area contributed by atoms with Gasteiger partial charge in [-0.2, -0.15) is 0 Å². The summed E-state index contributed by atoms with van der Waals surface area (Å²) in [6, 6.07) is 0. The molecule has 0 saturated carbocycles. The van der Waals surface area contributed by atoms with Crippen molar-refractivity contribution in [1.29, 1.82) is 0 Å². The van der Waals surface area contributed by atoms with Crippen LogP contribution in [0.2, 0.25) is 0 Å². The molecule has 0 heterocycles. The maximum atomic E-state index is 5.76. The third-order valence-corrected chi connectivity index (χ3v) is 7.06. The molecule has 0 aromatic rings. The maximum absolute atomic E-state index is 5.76. The molecule has 182 valence electrons. The first-order valence-corrected chi connectivity index (χ1v) is 15.0. The van der Waals surface area contributed by atoms with Crippen LogP contribution in [0.25, 0.3) is 0 Å². The van der Waals surface area contributed by atoms with Gasteiger partial charge in [-0.3, -0.25) is 0 Å². The second-order valence-electron chi connectivity index (χ2n) is 6.79. The smallest absolute Gasteiger partial charge is 0.454 e. The van der Waals surface area contributed by atoms with Crippen LogP contribution in [-0.4, -0.2) is 70.4 Å². The van der Waals surface area contributed by atoms with Crippen LogP contribution in [-0.2, 0) is 29.1 Å². The van der Waals surface area contributed by atoms with Crippen molar-refractivity contribution in [2.45, 2.75) is 93.4 Å². The quantitative estimate of drug-likeness (QED) is 0.210. The van der Waals surface area contributed by atoms with Gasteiger partial charge in [-0.15, -0.1) is 0 Å². The first-order chi connectivity index (χ1) is 14.6. The molecule has 0 spiro atoms. The van der Waals surface area contributed by atoms with E-state index in [-0.39, 0.29) is 0 Å². The summed E-state index contributed by atoms with van der Waals surface area (Å²) in [6.07, 6.45) is 6.83. The van der Waals surface area contributed by atoms with Crippen molar-refractivity contribution >= 4 is 24.2 Å². The predicted octanol–water partition coefficient (Wildman–Crippen LogP) is 5.38. The minimum atomic E-state index is -2.88. The summed E-state index contributed by atoms with van der Waals surface area (Å²) in [5, 5.41) is 0. The van der Waals surface area contributed by atoms with E-state index in [0.29, 0.717) is 26.4 Å². The first-order valence-electron chi connectivity index (χ1n) is 12.0. The fourth-order valence-electron chi connectivity index (χ4n) is 1.94. The van der Waals surface area contributed by atoms with Crippen LogP contribution in [0.1, 0.15) is 93.4 Å². The van der Waals surface area contributed by atoms with E-state index < -0.39 is 24.2 Å². The lowest BCUT2D eigenvalue weighted by molar-refractivity contribution is -0.0347. The molecular weight excluding hydrogens is 419 g/mol. The summed E-state index contributed by atoms with van der Waals surface area (Å²) in [4.78, 5) is 0. The second kappa shape index (κ2) is 25.7. The van der Waals surface area contributed by atoms with Crippen LogP contribution >= 0.6 is 0 Å². The average Bonchev–Trinajstić information content (AvgIpc) is 2.78. The van der Waals surface area contributed by atoms with Gasteiger partial charge in [0.2, 0.25) is 0 Å². The van der Waals surface area contributed by atoms with Gasteiger partial charge in [-0.05, 0) is 44.9 Å². The molecule has 0 radical (unpaired) electrons. The van der Waals surface area contributed by atoms with E-state index in [1.54, 1.807) is 0 Å². The van der Waals surface area contributed by atoms with Gasteiger partial charge in [-0.25, -0.2) is 0 Å². The highest BCUT2D eigenvalue weighted by atomic mass is 28.4. The molecule has 0 fully saturated rings. The van der Waals surface area contributed by atoms with Crippen molar-refractivity contribution in [3.8, 4) is 0 Å². The molecule has 0 unspecified atom stereocenters. The Labute approximate surface area is 192 Å². The minimum Gasteiger partial charge on any atom is -0.454 e. The van der Waals surface area contributed by atoms with E-state index in [4.69, 9.17) is 29.1 Å². The Kier molecular flexibility index (Phi) is 28.0. The van der Waals surface area contributed by atoms with Crippen LogP contribution in [0.4, 0.5) is 0 Å².